The fourth-order valence-electron chi connectivity index (χ4n) is 2.06. The number of nitrogens with one attached hydrogen (secondary N) is 1. The fraction of sp³-hybridized carbons (Fsp3) is 0.500. The van der Waals surface area contributed by atoms with Crippen molar-refractivity contribution in [3.05, 3.63) is 23.8 Å². The summed E-state index contributed by atoms with van der Waals surface area (Å²) in [6, 6.07) is 6.44. The number of hydrogen-bond acceptors (Lipinski definition) is 3. The van der Waals surface area contributed by atoms with Crippen molar-refractivity contribution in [2.45, 2.75) is 18.9 Å². The van der Waals surface area contributed by atoms with Gasteiger partial charge in [-0.2, -0.15) is 0 Å². The molecule has 1 saturated heterocycles. The molecule has 2 rings (SSSR count). The second-order valence-electron chi connectivity index (χ2n) is 3.76. The molecule has 0 aromatic heterocycles. The molecule has 1 atom stereocenters. The Morgan fingerprint density at radius 3 is 2.73 bits per heavy atom. The van der Waals surface area contributed by atoms with Crippen LogP contribution in [0, 0.1) is 0 Å². The minimum atomic E-state index is 0.436. The number of rotatable bonds is 3. The molecule has 3 heteroatoms. The van der Waals surface area contributed by atoms with E-state index in [0.29, 0.717) is 6.04 Å². The van der Waals surface area contributed by atoms with E-state index in [4.69, 9.17) is 9.47 Å². The van der Waals surface area contributed by atoms with Crippen molar-refractivity contribution in [2.24, 2.45) is 0 Å². The van der Waals surface area contributed by atoms with Crippen molar-refractivity contribution >= 4 is 0 Å². The van der Waals surface area contributed by atoms with Crippen LogP contribution in [0.2, 0.25) is 0 Å². The largest absolute Gasteiger partial charge is 0.497 e. The van der Waals surface area contributed by atoms with Gasteiger partial charge in [-0.25, -0.2) is 0 Å². The molecule has 0 saturated carbocycles. The molecule has 1 aliphatic heterocycles. The van der Waals surface area contributed by atoms with Crippen molar-refractivity contribution in [1.29, 1.82) is 0 Å². The molecule has 0 bridgehead atoms. The lowest BCUT2D eigenvalue weighted by Gasteiger charge is -2.15. The van der Waals surface area contributed by atoms with E-state index in [9.17, 15) is 0 Å². The predicted molar refractivity (Wildman–Crippen MR) is 59.5 cm³/mol. The lowest BCUT2D eigenvalue weighted by molar-refractivity contribution is 0.387. The summed E-state index contributed by atoms with van der Waals surface area (Å²) in [6.07, 6.45) is 2.42. The monoisotopic (exact) mass is 207 g/mol. The highest BCUT2D eigenvalue weighted by molar-refractivity contribution is 5.42. The number of ether oxygens (including phenoxy) is 2. The summed E-state index contributed by atoms with van der Waals surface area (Å²) in [5.74, 6) is 1.75. The Bertz CT molecular complexity index is 332. The minimum absolute atomic E-state index is 0.436. The van der Waals surface area contributed by atoms with Gasteiger partial charge in [0.25, 0.3) is 0 Å². The summed E-state index contributed by atoms with van der Waals surface area (Å²) >= 11 is 0. The Hall–Kier alpha value is -1.22. The highest BCUT2D eigenvalue weighted by atomic mass is 16.5. The van der Waals surface area contributed by atoms with Crippen LogP contribution < -0.4 is 14.8 Å². The molecule has 82 valence electrons. The lowest BCUT2D eigenvalue weighted by Crippen LogP contribution is -2.13. The van der Waals surface area contributed by atoms with Gasteiger partial charge in [-0.1, -0.05) is 6.07 Å². The zero-order chi connectivity index (χ0) is 10.7. The summed E-state index contributed by atoms with van der Waals surface area (Å²) in [5.41, 5.74) is 1.23. The molecule has 1 fully saturated rings. The third-order valence-corrected chi connectivity index (χ3v) is 2.88. The normalized spacial score (nSPS) is 20.3. The Kier molecular flexibility index (Phi) is 3.11. The van der Waals surface area contributed by atoms with E-state index >= 15 is 0 Å². The Morgan fingerprint density at radius 1 is 1.27 bits per heavy atom. The van der Waals surface area contributed by atoms with Gasteiger partial charge in [0.05, 0.1) is 14.2 Å². The first-order valence-electron chi connectivity index (χ1n) is 5.30. The van der Waals surface area contributed by atoms with Gasteiger partial charge in [0.15, 0.2) is 0 Å². The number of hydrogen-bond donors (Lipinski definition) is 1. The smallest absolute Gasteiger partial charge is 0.127 e. The van der Waals surface area contributed by atoms with Gasteiger partial charge in [0.2, 0.25) is 0 Å². The van der Waals surface area contributed by atoms with Crippen molar-refractivity contribution in [3.63, 3.8) is 0 Å². The van der Waals surface area contributed by atoms with Crippen molar-refractivity contribution in [3.8, 4) is 11.5 Å². The minimum Gasteiger partial charge on any atom is -0.497 e. The quantitative estimate of drug-likeness (QED) is 0.823. The summed E-state index contributed by atoms with van der Waals surface area (Å²) in [4.78, 5) is 0. The van der Waals surface area contributed by atoms with E-state index in [-0.39, 0.29) is 0 Å². The molecule has 0 spiro atoms. The standard InChI is InChI=1S/C12H17NO2/c1-14-9-5-6-10(12(8-9)15-2)11-4-3-7-13-11/h5-6,8,11,13H,3-4,7H2,1-2H3/t11-/m0/s1. The van der Waals surface area contributed by atoms with E-state index in [1.807, 2.05) is 12.1 Å². The van der Waals surface area contributed by atoms with Crippen LogP contribution in [0.3, 0.4) is 0 Å². The van der Waals surface area contributed by atoms with E-state index < -0.39 is 0 Å². The molecule has 1 aromatic carbocycles. The molecule has 0 radical (unpaired) electrons. The van der Waals surface area contributed by atoms with Gasteiger partial charge in [-0.05, 0) is 25.5 Å². The first-order valence-corrected chi connectivity index (χ1v) is 5.30. The molecule has 1 aromatic rings. The summed E-state index contributed by atoms with van der Waals surface area (Å²) < 4.78 is 10.6. The van der Waals surface area contributed by atoms with Gasteiger partial charge >= 0.3 is 0 Å². The van der Waals surface area contributed by atoms with Gasteiger partial charge in [-0.15, -0.1) is 0 Å². The molecule has 1 heterocycles. The fourth-order valence-corrected chi connectivity index (χ4v) is 2.06. The van der Waals surface area contributed by atoms with Crippen molar-refractivity contribution in [2.75, 3.05) is 20.8 Å². The molecule has 0 unspecified atom stereocenters. The van der Waals surface area contributed by atoms with Crippen LogP contribution in [-0.4, -0.2) is 20.8 Å². The van der Waals surface area contributed by atoms with Gasteiger partial charge < -0.3 is 14.8 Å². The maximum Gasteiger partial charge on any atom is 0.127 e. The molecule has 0 aliphatic carbocycles. The highest BCUT2D eigenvalue weighted by Crippen LogP contribution is 2.33. The van der Waals surface area contributed by atoms with Crippen LogP contribution in [0.4, 0.5) is 0 Å². The predicted octanol–water partition coefficient (Wildman–Crippen LogP) is 2.13. The molecule has 1 N–H and O–H groups in total. The van der Waals surface area contributed by atoms with E-state index in [2.05, 4.69) is 11.4 Å². The van der Waals surface area contributed by atoms with Crippen LogP contribution in [0.15, 0.2) is 18.2 Å². The van der Waals surface area contributed by atoms with Gasteiger partial charge in [-0.3, -0.25) is 0 Å². The van der Waals surface area contributed by atoms with Crippen LogP contribution >= 0.6 is 0 Å². The van der Waals surface area contributed by atoms with E-state index in [0.717, 1.165) is 18.0 Å². The topological polar surface area (TPSA) is 30.5 Å². The summed E-state index contributed by atoms with van der Waals surface area (Å²) in [5, 5.41) is 3.46. The average Bonchev–Trinajstić information content (AvgIpc) is 2.81. The molecule has 1 aliphatic rings. The second-order valence-corrected chi connectivity index (χ2v) is 3.76. The zero-order valence-electron chi connectivity index (χ0n) is 9.25. The van der Waals surface area contributed by atoms with Crippen LogP contribution in [0.1, 0.15) is 24.4 Å². The first-order chi connectivity index (χ1) is 7.35. The van der Waals surface area contributed by atoms with Gasteiger partial charge in [0, 0.05) is 17.7 Å². The second kappa shape index (κ2) is 4.53. The van der Waals surface area contributed by atoms with E-state index in [1.54, 1.807) is 14.2 Å². The van der Waals surface area contributed by atoms with Gasteiger partial charge in [0.1, 0.15) is 11.5 Å². The van der Waals surface area contributed by atoms with Crippen molar-refractivity contribution < 1.29 is 9.47 Å². The zero-order valence-corrected chi connectivity index (χ0v) is 9.25. The number of benzene rings is 1. The molecule has 0 amide bonds. The Balaban J connectivity index is 2.29. The maximum absolute atomic E-state index is 5.38. The maximum atomic E-state index is 5.38. The molecular formula is C12H17NO2. The SMILES string of the molecule is COc1ccc([C@@H]2CCCN2)c(OC)c1. The highest BCUT2D eigenvalue weighted by Gasteiger charge is 2.19. The molecular weight excluding hydrogens is 190 g/mol. The van der Waals surface area contributed by atoms with Crippen LogP contribution in [0.25, 0.3) is 0 Å². The van der Waals surface area contributed by atoms with Crippen LogP contribution in [-0.2, 0) is 0 Å². The Morgan fingerprint density at radius 2 is 2.13 bits per heavy atom. The average molecular weight is 207 g/mol. The number of methoxy groups -OCH3 is 2. The van der Waals surface area contributed by atoms with Crippen molar-refractivity contribution in [1.82, 2.24) is 5.32 Å². The molecule has 15 heavy (non-hydrogen) atoms. The third kappa shape index (κ3) is 2.07. The van der Waals surface area contributed by atoms with E-state index in [1.165, 1.54) is 18.4 Å². The van der Waals surface area contributed by atoms with Crippen LogP contribution in [0.5, 0.6) is 11.5 Å². The summed E-state index contributed by atoms with van der Waals surface area (Å²) in [6.45, 7) is 1.10. The summed E-state index contributed by atoms with van der Waals surface area (Å²) in [7, 11) is 3.37. The molecule has 3 nitrogen and oxygen atoms in total. The third-order valence-electron chi connectivity index (χ3n) is 2.88. The first kappa shape index (κ1) is 10.3. The lowest BCUT2D eigenvalue weighted by atomic mass is 10.0. The Labute approximate surface area is 90.4 Å².